The van der Waals surface area contributed by atoms with Crippen LogP contribution in [0.4, 0.5) is 0 Å². The number of hydrogen-bond donors (Lipinski definition) is 2. The molecular formula is C21H26ClN2O2+. The third-order valence-electron chi connectivity index (χ3n) is 4.84. The summed E-state index contributed by atoms with van der Waals surface area (Å²) >= 11 is 6.00. The fourth-order valence-electron chi connectivity index (χ4n) is 3.32. The van der Waals surface area contributed by atoms with Crippen molar-refractivity contribution >= 4 is 17.5 Å². The highest BCUT2D eigenvalue weighted by molar-refractivity contribution is 6.31. The maximum absolute atomic E-state index is 12.1. The van der Waals surface area contributed by atoms with Gasteiger partial charge in [-0.05, 0) is 36.2 Å². The van der Waals surface area contributed by atoms with Crippen molar-refractivity contribution in [1.29, 1.82) is 0 Å². The molecule has 0 radical (unpaired) electrons. The molecular weight excluding hydrogens is 348 g/mol. The summed E-state index contributed by atoms with van der Waals surface area (Å²) in [7, 11) is 0. The molecule has 1 heterocycles. The van der Waals surface area contributed by atoms with Crippen molar-refractivity contribution in [3.05, 3.63) is 64.2 Å². The van der Waals surface area contributed by atoms with Crippen LogP contribution in [0, 0.1) is 6.92 Å². The van der Waals surface area contributed by atoms with E-state index in [0.717, 1.165) is 12.1 Å². The van der Waals surface area contributed by atoms with E-state index in [-0.39, 0.29) is 12.5 Å². The lowest BCUT2D eigenvalue weighted by Crippen LogP contribution is -3.08. The zero-order valence-electron chi connectivity index (χ0n) is 15.2. The fourth-order valence-corrected chi connectivity index (χ4v) is 3.44. The van der Waals surface area contributed by atoms with Gasteiger partial charge in [-0.1, -0.05) is 35.9 Å². The van der Waals surface area contributed by atoms with Gasteiger partial charge in [0.05, 0.1) is 13.1 Å². The van der Waals surface area contributed by atoms with Crippen molar-refractivity contribution in [1.82, 2.24) is 5.32 Å². The van der Waals surface area contributed by atoms with Crippen molar-refractivity contribution in [2.24, 2.45) is 0 Å². The lowest BCUT2D eigenvalue weighted by Gasteiger charge is -2.15. The minimum absolute atomic E-state index is 0.000609. The third kappa shape index (κ3) is 5.23. The minimum Gasteiger partial charge on any atom is -0.484 e. The molecule has 2 aromatic rings. The standard InChI is InChI=1S/C21H25ClN2O2/c1-16-12-19(8-9-20(16)22)26-15-21(25)23-13-17-6-2-3-7-18(17)14-24-10-4-5-11-24/h2-3,6-9,12H,4-5,10-11,13-15H2,1H3,(H,23,25)/p+1. The average Bonchev–Trinajstić information content (AvgIpc) is 3.15. The Morgan fingerprint density at radius 2 is 1.88 bits per heavy atom. The largest absolute Gasteiger partial charge is 0.484 e. The van der Waals surface area contributed by atoms with Crippen molar-refractivity contribution in [3.8, 4) is 5.75 Å². The summed E-state index contributed by atoms with van der Waals surface area (Å²) in [5, 5.41) is 3.65. The predicted molar refractivity (Wildman–Crippen MR) is 104 cm³/mol. The molecule has 1 aliphatic heterocycles. The Labute approximate surface area is 160 Å². The van der Waals surface area contributed by atoms with Gasteiger partial charge in [0, 0.05) is 30.0 Å². The van der Waals surface area contributed by atoms with Crippen LogP contribution in [0.3, 0.4) is 0 Å². The number of benzene rings is 2. The van der Waals surface area contributed by atoms with Crippen LogP contribution in [0.25, 0.3) is 0 Å². The number of quaternary nitrogens is 1. The molecule has 1 aliphatic rings. The SMILES string of the molecule is Cc1cc(OCC(=O)NCc2ccccc2C[NH+]2CCCC2)ccc1Cl. The number of halogens is 1. The van der Waals surface area contributed by atoms with Crippen LogP contribution in [0.2, 0.25) is 5.02 Å². The Balaban J connectivity index is 1.50. The van der Waals surface area contributed by atoms with Crippen molar-refractivity contribution < 1.29 is 14.4 Å². The first-order valence-corrected chi connectivity index (χ1v) is 9.55. The first kappa shape index (κ1) is 18.7. The summed E-state index contributed by atoms with van der Waals surface area (Å²) in [4.78, 5) is 13.8. The Kier molecular flexibility index (Phi) is 6.53. The molecule has 26 heavy (non-hydrogen) atoms. The Bertz CT molecular complexity index is 757. The average molecular weight is 374 g/mol. The Morgan fingerprint density at radius 1 is 1.15 bits per heavy atom. The van der Waals surface area contributed by atoms with Gasteiger partial charge in [0.25, 0.3) is 5.91 Å². The van der Waals surface area contributed by atoms with E-state index in [1.807, 2.05) is 19.1 Å². The summed E-state index contributed by atoms with van der Waals surface area (Å²) in [6.07, 6.45) is 2.63. The minimum atomic E-state index is -0.124. The van der Waals surface area contributed by atoms with E-state index < -0.39 is 0 Å². The highest BCUT2D eigenvalue weighted by Gasteiger charge is 2.17. The summed E-state index contributed by atoms with van der Waals surface area (Å²) < 4.78 is 5.56. The number of nitrogens with one attached hydrogen (secondary N) is 2. The van der Waals surface area contributed by atoms with Gasteiger partial charge in [0.1, 0.15) is 12.3 Å². The van der Waals surface area contributed by atoms with Gasteiger partial charge in [0.15, 0.2) is 6.61 Å². The summed E-state index contributed by atoms with van der Waals surface area (Å²) in [5.74, 6) is 0.529. The molecule has 0 spiro atoms. The van der Waals surface area contributed by atoms with E-state index in [1.54, 1.807) is 17.0 Å². The second-order valence-corrected chi connectivity index (χ2v) is 7.29. The molecule has 0 bridgehead atoms. The van der Waals surface area contributed by atoms with Gasteiger partial charge in [-0.25, -0.2) is 0 Å². The van der Waals surface area contributed by atoms with Crippen LogP contribution in [0.15, 0.2) is 42.5 Å². The van der Waals surface area contributed by atoms with Crippen molar-refractivity contribution in [2.45, 2.75) is 32.9 Å². The van der Waals surface area contributed by atoms with Crippen LogP contribution in [0.5, 0.6) is 5.75 Å². The fraction of sp³-hybridized carbons (Fsp3) is 0.381. The number of carbonyl (C=O) groups excluding carboxylic acids is 1. The van der Waals surface area contributed by atoms with E-state index in [0.29, 0.717) is 17.3 Å². The highest BCUT2D eigenvalue weighted by Crippen LogP contribution is 2.20. The normalized spacial score (nSPS) is 14.4. The van der Waals surface area contributed by atoms with Crippen LogP contribution < -0.4 is 15.0 Å². The Hall–Kier alpha value is -2.04. The van der Waals surface area contributed by atoms with Gasteiger partial charge in [-0.2, -0.15) is 0 Å². The number of likely N-dealkylation sites (tertiary alicyclic amines) is 1. The molecule has 4 nitrogen and oxygen atoms in total. The second kappa shape index (κ2) is 9.06. The lowest BCUT2D eigenvalue weighted by atomic mass is 10.1. The van der Waals surface area contributed by atoms with E-state index in [9.17, 15) is 4.79 Å². The van der Waals surface area contributed by atoms with E-state index in [2.05, 4.69) is 23.5 Å². The first-order chi connectivity index (χ1) is 12.6. The van der Waals surface area contributed by atoms with E-state index >= 15 is 0 Å². The molecule has 1 saturated heterocycles. The number of hydrogen-bond acceptors (Lipinski definition) is 2. The molecule has 0 aromatic heterocycles. The number of ether oxygens (including phenoxy) is 1. The summed E-state index contributed by atoms with van der Waals surface area (Å²) in [6.45, 7) is 5.97. The number of rotatable bonds is 7. The third-order valence-corrected chi connectivity index (χ3v) is 5.27. The Morgan fingerprint density at radius 3 is 2.62 bits per heavy atom. The van der Waals surface area contributed by atoms with Gasteiger partial charge in [-0.3, -0.25) is 4.79 Å². The highest BCUT2D eigenvalue weighted by atomic mass is 35.5. The molecule has 1 fully saturated rings. The maximum atomic E-state index is 12.1. The van der Waals surface area contributed by atoms with Crippen LogP contribution in [0.1, 0.15) is 29.5 Å². The smallest absolute Gasteiger partial charge is 0.258 e. The molecule has 0 atom stereocenters. The summed E-state index contributed by atoms with van der Waals surface area (Å²) in [6, 6.07) is 13.7. The van der Waals surface area contributed by atoms with Gasteiger partial charge in [-0.15, -0.1) is 0 Å². The van der Waals surface area contributed by atoms with E-state index in [4.69, 9.17) is 16.3 Å². The quantitative estimate of drug-likeness (QED) is 0.783. The summed E-state index contributed by atoms with van der Waals surface area (Å²) in [5.41, 5.74) is 3.43. The molecule has 1 amide bonds. The van der Waals surface area contributed by atoms with E-state index in [1.165, 1.54) is 37.1 Å². The number of carbonyl (C=O) groups is 1. The molecule has 138 valence electrons. The maximum Gasteiger partial charge on any atom is 0.258 e. The molecule has 0 aliphatic carbocycles. The second-order valence-electron chi connectivity index (χ2n) is 6.88. The predicted octanol–water partition coefficient (Wildman–Crippen LogP) is 2.52. The van der Waals surface area contributed by atoms with Gasteiger partial charge < -0.3 is 15.0 Å². The zero-order chi connectivity index (χ0) is 18.4. The number of aryl methyl sites for hydroxylation is 1. The van der Waals surface area contributed by atoms with Gasteiger partial charge >= 0.3 is 0 Å². The van der Waals surface area contributed by atoms with Gasteiger partial charge in [0.2, 0.25) is 0 Å². The first-order valence-electron chi connectivity index (χ1n) is 9.18. The topological polar surface area (TPSA) is 42.8 Å². The van der Waals surface area contributed by atoms with Crippen molar-refractivity contribution in [3.63, 3.8) is 0 Å². The number of amides is 1. The lowest BCUT2D eigenvalue weighted by molar-refractivity contribution is -0.901. The monoisotopic (exact) mass is 373 g/mol. The van der Waals surface area contributed by atoms with Crippen LogP contribution in [-0.2, 0) is 17.9 Å². The van der Waals surface area contributed by atoms with Crippen molar-refractivity contribution in [2.75, 3.05) is 19.7 Å². The molecule has 0 saturated carbocycles. The molecule has 5 heteroatoms. The molecule has 0 unspecified atom stereocenters. The zero-order valence-corrected chi connectivity index (χ0v) is 15.9. The molecule has 2 N–H and O–H groups in total. The van der Waals surface area contributed by atoms with Crippen LogP contribution in [-0.4, -0.2) is 25.6 Å². The molecule has 3 rings (SSSR count). The molecule has 2 aromatic carbocycles. The van der Waals surface area contributed by atoms with Crippen LogP contribution >= 0.6 is 11.6 Å².